The summed E-state index contributed by atoms with van der Waals surface area (Å²) in [5, 5.41) is 6.91. The second-order valence-electron chi connectivity index (χ2n) is 3.94. The smallest absolute Gasteiger partial charge is 0.291 e. The lowest BCUT2D eigenvalue weighted by Crippen LogP contribution is -2.11. The predicted molar refractivity (Wildman–Crippen MR) is 72.1 cm³/mol. The molecule has 0 aliphatic heterocycles. The van der Waals surface area contributed by atoms with Crippen molar-refractivity contribution in [3.05, 3.63) is 46.7 Å². The number of amides is 1. The average molecular weight is 321 g/mol. The molecule has 3 rings (SSSR count). The first-order valence-corrected chi connectivity index (χ1v) is 6.31. The van der Waals surface area contributed by atoms with Crippen molar-refractivity contribution in [3.63, 3.8) is 0 Å². The first-order valence-electron chi connectivity index (χ1n) is 5.51. The van der Waals surface area contributed by atoms with Crippen LogP contribution in [0.1, 0.15) is 16.4 Å². The van der Waals surface area contributed by atoms with Crippen LogP contribution in [0.4, 0.5) is 5.69 Å². The van der Waals surface area contributed by atoms with Crippen molar-refractivity contribution in [1.29, 1.82) is 0 Å². The molecule has 0 atom stereocenters. The molecule has 0 aromatic carbocycles. The van der Waals surface area contributed by atoms with Gasteiger partial charge in [-0.1, -0.05) is 0 Å². The van der Waals surface area contributed by atoms with Gasteiger partial charge in [0.1, 0.15) is 5.82 Å². The van der Waals surface area contributed by atoms with Gasteiger partial charge >= 0.3 is 0 Å². The van der Waals surface area contributed by atoms with Gasteiger partial charge in [-0.05, 0) is 47.1 Å². The van der Waals surface area contributed by atoms with E-state index in [9.17, 15) is 4.79 Å². The molecular formula is C12H9BrN4O2. The van der Waals surface area contributed by atoms with Gasteiger partial charge in [0, 0.05) is 0 Å². The number of pyridine rings is 1. The number of aryl methyl sites for hydroxylation is 1. The zero-order chi connectivity index (χ0) is 13.4. The molecule has 0 saturated carbocycles. The van der Waals surface area contributed by atoms with E-state index in [2.05, 4.69) is 31.3 Å². The topological polar surface area (TPSA) is 72.4 Å². The number of nitrogens with zero attached hydrogens (tertiary/aromatic N) is 3. The number of nitrogens with one attached hydrogen (secondary N) is 1. The predicted octanol–water partition coefficient (Wildman–Crippen LogP) is 2.65. The van der Waals surface area contributed by atoms with E-state index in [0.29, 0.717) is 16.2 Å². The Balaban J connectivity index is 1.86. The molecule has 3 aromatic rings. The lowest BCUT2D eigenvalue weighted by Gasteiger charge is -2.02. The van der Waals surface area contributed by atoms with Gasteiger partial charge in [-0.15, -0.1) is 0 Å². The zero-order valence-electron chi connectivity index (χ0n) is 9.92. The van der Waals surface area contributed by atoms with Crippen LogP contribution >= 0.6 is 15.9 Å². The van der Waals surface area contributed by atoms with Crippen molar-refractivity contribution in [2.24, 2.45) is 0 Å². The van der Waals surface area contributed by atoms with Crippen LogP contribution in [0, 0.1) is 6.92 Å². The summed E-state index contributed by atoms with van der Waals surface area (Å²) in [7, 11) is 0. The maximum atomic E-state index is 11.9. The molecule has 0 fully saturated rings. The highest BCUT2D eigenvalue weighted by Crippen LogP contribution is 2.16. The standard InChI is InChI=1S/C12H9BrN4O2/c1-7-14-11-5-2-8(6-17(11)16-7)15-12(18)9-3-4-10(13)19-9/h2-6H,1H3,(H,15,18). The number of fused-ring (bicyclic) bond motifs is 1. The van der Waals surface area contributed by atoms with Crippen LogP contribution in [0.2, 0.25) is 0 Å². The van der Waals surface area contributed by atoms with Gasteiger partial charge in [-0.2, -0.15) is 5.10 Å². The Hall–Kier alpha value is -2.15. The third kappa shape index (κ3) is 2.37. The summed E-state index contributed by atoms with van der Waals surface area (Å²) >= 11 is 3.15. The molecule has 0 radical (unpaired) electrons. The van der Waals surface area contributed by atoms with Gasteiger partial charge < -0.3 is 9.73 Å². The zero-order valence-corrected chi connectivity index (χ0v) is 11.5. The molecule has 3 heterocycles. The summed E-state index contributed by atoms with van der Waals surface area (Å²) in [4.78, 5) is 16.1. The Kier molecular flexibility index (Phi) is 2.83. The third-order valence-corrected chi connectivity index (χ3v) is 2.92. The largest absolute Gasteiger partial charge is 0.444 e. The lowest BCUT2D eigenvalue weighted by atomic mass is 10.3. The SMILES string of the molecule is Cc1nc2ccc(NC(=O)c3ccc(Br)o3)cn2n1. The highest BCUT2D eigenvalue weighted by molar-refractivity contribution is 9.10. The van der Waals surface area contributed by atoms with Crippen molar-refractivity contribution < 1.29 is 9.21 Å². The van der Waals surface area contributed by atoms with Crippen LogP contribution in [-0.2, 0) is 0 Å². The number of carbonyl (C=O) groups excluding carboxylic acids is 1. The second kappa shape index (κ2) is 4.51. The van der Waals surface area contributed by atoms with Crippen molar-refractivity contribution in [1.82, 2.24) is 14.6 Å². The first-order chi connectivity index (χ1) is 9.11. The van der Waals surface area contributed by atoms with E-state index < -0.39 is 0 Å². The van der Waals surface area contributed by atoms with Gasteiger partial charge in [-0.25, -0.2) is 9.50 Å². The number of halogens is 1. The molecule has 1 amide bonds. The van der Waals surface area contributed by atoms with E-state index in [1.165, 1.54) is 0 Å². The maximum Gasteiger partial charge on any atom is 0.291 e. The molecule has 7 heteroatoms. The van der Waals surface area contributed by atoms with Crippen LogP contribution in [-0.4, -0.2) is 20.5 Å². The van der Waals surface area contributed by atoms with Crippen molar-refractivity contribution in [2.75, 3.05) is 5.32 Å². The number of aromatic nitrogens is 3. The fourth-order valence-electron chi connectivity index (χ4n) is 1.70. The van der Waals surface area contributed by atoms with Crippen LogP contribution < -0.4 is 5.32 Å². The van der Waals surface area contributed by atoms with Crippen molar-refractivity contribution in [2.45, 2.75) is 6.92 Å². The molecule has 3 aromatic heterocycles. The van der Waals surface area contributed by atoms with E-state index in [-0.39, 0.29) is 11.7 Å². The number of carbonyl (C=O) groups is 1. The number of hydrogen-bond donors (Lipinski definition) is 1. The Labute approximate surface area is 116 Å². The molecule has 0 unspecified atom stereocenters. The summed E-state index contributed by atoms with van der Waals surface area (Å²) in [6, 6.07) is 6.81. The molecule has 19 heavy (non-hydrogen) atoms. The second-order valence-corrected chi connectivity index (χ2v) is 4.72. The third-order valence-electron chi connectivity index (χ3n) is 2.49. The van der Waals surface area contributed by atoms with Crippen LogP contribution in [0.15, 0.2) is 39.5 Å². The molecule has 96 valence electrons. The van der Waals surface area contributed by atoms with E-state index in [4.69, 9.17) is 4.42 Å². The van der Waals surface area contributed by atoms with E-state index in [1.807, 2.05) is 6.92 Å². The van der Waals surface area contributed by atoms with Crippen molar-refractivity contribution >= 4 is 33.2 Å². The summed E-state index contributed by atoms with van der Waals surface area (Å²) in [6.07, 6.45) is 1.70. The minimum Gasteiger partial charge on any atom is -0.444 e. The molecule has 0 saturated heterocycles. The molecule has 1 N–H and O–H groups in total. The number of hydrogen-bond acceptors (Lipinski definition) is 4. The number of rotatable bonds is 2. The summed E-state index contributed by atoms with van der Waals surface area (Å²) in [6.45, 7) is 1.81. The normalized spacial score (nSPS) is 10.8. The Morgan fingerprint density at radius 1 is 1.37 bits per heavy atom. The monoisotopic (exact) mass is 320 g/mol. The summed E-state index contributed by atoms with van der Waals surface area (Å²) in [5.74, 6) is 0.599. The number of anilines is 1. The van der Waals surface area contributed by atoms with E-state index in [0.717, 1.165) is 5.65 Å². The Morgan fingerprint density at radius 3 is 2.95 bits per heavy atom. The molecule has 6 nitrogen and oxygen atoms in total. The highest BCUT2D eigenvalue weighted by atomic mass is 79.9. The van der Waals surface area contributed by atoms with Gasteiger partial charge in [0.05, 0.1) is 11.9 Å². The van der Waals surface area contributed by atoms with Gasteiger partial charge in [0.2, 0.25) is 0 Å². The minimum absolute atomic E-state index is 0.238. The van der Waals surface area contributed by atoms with Crippen molar-refractivity contribution in [3.8, 4) is 0 Å². The van der Waals surface area contributed by atoms with E-state index >= 15 is 0 Å². The quantitative estimate of drug-likeness (QED) is 0.787. The minimum atomic E-state index is -0.318. The van der Waals surface area contributed by atoms with Crippen LogP contribution in [0.25, 0.3) is 5.65 Å². The average Bonchev–Trinajstić information content (AvgIpc) is 2.93. The van der Waals surface area contributed by atoms with Gasteiger partial charge in [0.15, 0.2) is 16.1 Å². The Morgan fingerprint density at radius 2 is 2.21 bits per heavy atom. The van der Waals surface area contributed by atoms with Crippen LogP contribution in [0.3, 0.4) is 0 Å². The molecule has 0 aliphatic rings. The van der Waals surface area contributed by atoms with Gasteiger partial charge in [0.25, 0.3) is 5.91 Å². The summed E-state index contributed by atoms with van der Waals surface area (Å²) < 4.78 is 7.31. The molecule has 0 bridgehead atoms. The summed E-state index contributed by atoms with van der Waals surface area (Å²) in [5.41, 5.74) is 1.35. The highest BCUT2D eigenvalue weighted by Gasteiger charge is 2.11. The lowest BCUT2D eigenvalue weighted by molar-refractivity contribution is 0.0995. The maximum absolute atomic E-state index is 11.9. The molecular weight excluding hydrogens is 312 g/mol. The fourth-order valence-corrected chi connectivity index (χ4v) is 2.00. The van der Waals surface area contributed by atoms with Crippen LogP contribution in [0.5, 0.6) is 0 Å². The van der Waals surface area contributed by atoms with E-state index in [1.54, 1.807) is 35.0 Å². The number of furan rings is 1. The Bertz CT molecular complexity index is 762. The first kappa shape index (κ1) is 11.9. The fraction of sp³-hybridized carbons (Fsp3) is 0.0833. The molecule has 0 spiro atoms. The van der Waals surface area contributed by atoms with Gasteiger partial charge in [-0.3, -0.25) is 4.79 Å². The molecule has 0 aliphatic carbocycles.